The first-order valence-corrected chi connectivity index (χ1v) is 5.75. The number of aromatic amines is 1. The Kier molecular flexibility index (Phi) is 3.87. The van der Waals surface area contributed by atoms with Crippen LogP contribution >= 0.6 is 0 Å². The molecule has 1 aliphatic rings. The van der Waals surface area contributed by atoms with Crippen molar-refractivity contribution in [1.82, 2.24) is 10.2 Å². The molecule has 0 saturated carbocycles. The maximum atomic E-state index is 11.3. The topological polar surface area (TPSA) is 66.1 Å². The third-order valence-corrected chi connectivity index (χ3v) is 2.51. The fraction of sp³-hybridized carbons (Fsp3) is 0.0714. The molecule has 1 aromatic heterocycles. The van der Waals surface area contributed by atoms with Crippen LogP contribution in [0.4, 0.5) is 5.69 Å². The lowest BCUT2D eigenvalue weighted by atomic mass is 10.2. The fourth-order valence-corrected chi connectivity index (χ4v) is 1.56. The van der Waals surface area contributed by atoms with Crippen molar-refractivity contribution in [3.63, 3.8) is 0 Å². The second-order valence-corrected chi connectivity index (χ2v) is 3.95. The van der Waals surface area contributed by atoms with Gasteiger partial charge in [0.2, 0.25) is 0 Å². The highest BCUT2D eigenvalue weighted by Gasteiger charge is 2.24. The van der Waals surface area contributed by atoms with Crippen LogP contribution in [0.25, 0.3) is 0 Å². The summed E-state index contributed by atoms with van der Waals surface area (Å²) < 4.78 is 0. The summed E-state index contributed by atoms with van der Waals surface area (Å²) in [6.07, 6.45) is 6.02. The Labute approximate surface area is 110 Å². The van der Waals surface area contributed by atoms with Crippen LogP contribution in [0.15, 0.2) is 54.9 Å². The number of nitrogens with one attached hydrogen (secondary N) is 1. The lowest BCUT2D eigenvalue weighted by Gasteiger charge is -2.13. The number of benzene rings is 1. The van der Waals surface area contributed by atoms with Gasteiger partial charge >= 0.3 is 0 Å². The van der Waals surface area contributed by atoms with E-state index in [1.165, 1.54) is 12.2 Å². The smallest absolute Gasteiger partial charge is 0.258 e. The van der Waals surface area contributed by atoms with Crippen molar-refractivity contribution in [3.8, 4) is 0 Å². The van der Waals surface area contributed by atoms with E-state index < -0.39 is 0 Å². The van der Waals surface area contributed by atoms with E-state index in [1.54, 1.807) is 24.5 Å². The molecule has 19 heavy (non-hydrogen) atoms. The molecule has 1 N–H and O–H groups in total. The predicted molar refractivity (Wildman–Crippen MR) is 71.4 cm³/mol. The number of hydrogen-bond acceptors (Lipinski definition) is 3. The fourth-order valence-electron chi connectivity index (χ4n) is 1.56. The number of amides is 2. The molecular weight excluding hydrogens is 242 g/mol. The maximum absolute atomic E-state index is 11.3. The summed E-state index contributed by atoms with van der Waals surface area (Å²) in [4.78, 5) is 23.7. The third kappa shape index (κ3) is 3.16. The van der Waals surface area contributed by atoms with Gasteiger partial charge in [0.15, 0.2) is 0 Å². The van der Waals surface area contributed by atoms with Gasteiger partial charge in [0.25, 0.3) is 11.8 Å². The number of rotatable bonds is 1. The monoisotopic (exact) mass is 255 g/mol. The first-order chi connectivity index (χ1) is 9.18. The van der Waals surface area contributed by atoms with E-state index in [0.717, 1.165) is 10.5 Å². The quantitative estimate of drug-likeness (QED) is 0.790. The van der Waals surface area contributed by atoms with E-state index in [-0.39, 0.29) is 11.8 Å². The van der Waals surface area contributed by atoms with Crippen LogP contribution < -0.4 is 4.90 Å². The molecule has 96 valence electrons. The highest BCUT2D eigenvalue weighted by Crippen LogP contribution is 2.18. The van der Waals surface area contributed by atoms with Crippen molar-refractivity contribution in [2.45, 2.75) is 6.92 Å². The van der Waals surface area contributed by atoms with Crippen LogP contribution in [0.1, 0.15) is 5.56 Å². The SMILES string of the molecule is Cc1ccc(N2C(=O)C=CC2=O)cc1.c1cn[nH]c1. The number of imide groups is 1. The molecule has 0 saturated heterocycles. The minimum absolute atomic E-state index is 0.279. The van der Waals surface area contributed by atoms with E-state index >= 15 is 0 Å². The third-order valence-electron chi connectivity index (χ3n) is 2.51. The lowest BCUT2D eigenvalue weighted by molar-refractivity contribution is -0.119. The summed E-state index contributed by atoms with van der Waals surface area (Å²) in [5, 5.41) is 6.21. The van der Waals surface area contributed by atoms with Crippen LogP contribution in [0.2, 0.25) is 0 Å². The molecule has 0 atom stereocenters. The van der Waals surface area contributed by atoms with Gasteiger partial charge in [0.05, 0.1) is 5.69 Å². The van der Waals surface area contributed by atoms with Crippen LogP contribution in [0.5, 0.6) is 0 Å². The van der Waals surface area contributed by atoms with Crippen molar-refractivity contribution in [2.24, 2.45) is 0 Å². The second kappa shape index (κ2) is 5.77. The van der Waals surface area contributed by atoms with Crippen LogP contribution in [0, 0.1) is 6.92 Å². The highest BCUT2D eigenvalue weighted by atomic mass is 16.2. The lowest BCUT2D eigenvalue weighted by Crippen LogP contribution is -2.29. The van der Waals surface area contributed by atoms with Gasteiger partial charge in [-0.05, 0) is 25.1 Å². The van der Waals surface area contributed by atoms with Crippen molar-refractivity contribution < 1.29 is 9.59 Å². The second-order valence-electron chi connectivity index (χ2n) is 3.95. The molecule has 2 aromatic rings. The normalized spacial score (nSPS) is 13.4. The van der Waals surface area contributed by atoms with Gasteiger partial charge in [-0.1, -0.05) is 17.7 Å². The number of nitrogens with zero attached hydrogens (tertiary/aromatic N) is 2. The molecular formula is C14H13N3O2. The molecule has 5 heteroatoms. The zero-order chi connectivity index (χ0) is 13.7. The number of hydrogen-bond donors (Lipinski definition) is 1. The number of carbonyl (C=O) groups excluding carboxylic acids is 2. The van der Waals surface area contributed by atoms with E-state index in [9.17, 15) is 9.59 Å². The van der Waals surface area contributed by atoms with Crippen molar-refractivity contribution >= 4 is 17.5 Å². The Morgan fingerprint density at radius 1 is 1.05 bits per heavy atom. The molecule has 1 aliphatic heterocycles. The summed E-state index contributed by atoms with van der Waals surface area (Å²) in [5.41, 5.74) is 1.72. The number of H-pyrrole nitrogens is 1. The maximum Gasteiger partial charge on any atom is 0.258 e. The van der Waals surface area contributed by atoms with E-state index in [2.05, 4.69) is 10.2 Å². The van der Waals surface area contributed by atoms with Gasteiger partial charge in [-0.3, -0.25) is 14.7 Å². The summed E-state index contributed by atoms with van der Waals surface area (Å²) in [6, 6.07) is 9.10. The summed E-state index contributed by atoms with van der Waals surface area (Å²) >= 11 is 0. The van der Waals surface area contributed by atoms with E-state index in [4.69, 9.17) is 0 Å². The Morgan fingerprint density at radius 3 is 2.11 bits per heavy atom. The number of carbonyl (C=O) groups is 2. The standard InChI is InChI=1S/C11H9NO2.C3H4N2/c1-8-2-4-9(5-3-8)12-10(13)6-7-11(12)14;1-2-4-5-3-1/h2-7H,1H3;1-3H,(H,4,5). The van der Waals surface area contributed by atoms with Gasteiger partial charge < -0.3 is 0 Å². The molecule has 0 fully saturated rings. The largest absolute Gasteiger partial charge is 0.286 e. The Morgan fingerprint density at radius 2 is 1.68 bits per heavy atom. The molecule has 0 bridgehead atoms. The highest BCUT2D eigenvalue weighted by molar-refractivity contribution is 6.28. The van der Waals surface area contributed by atoms with Gasteiger partial charge in [0.1, 0.15) is 0 Å². The Bertz CT molecular complexity index is 550. The molecule has 0 unspecified atom stereocenters. The van der Waals surface area contributed by atoms with E-state index in [0.29, 0.717) is 5.69 Å². The minimum Gasteiger partial charge on any atom is -0.286 e. The summed E-state index contributed by atoms with van der Waals surface area (Å²) in [5.74, 6) is -0.558. The molecule has 3 rings (SSSR count). The molecule has 2 heterocycles. The van der Waals surface area contributed by atoms with Crippen LogP contribution in [-0.2, 0) is 9.59 Å². The zero-order valence-electron chi connectivity index (χ0n) is 10.4. The Hall–Kier alpha value is -2.69. The Balaban J connectivity index is 0.000000224. The molecule has 1 aromatic carbocycles. The average Bonchev–Trinajstić information content (AvgIpc) is 3.06. The van der Waals surface area contributed by atoms with Crippen molar-refractivity contribution in [3.05, 3.63) is 60.4 Å². The molecule has 5 nitrogen and oxygen atoms in total. The predicted octanol–water partition coefficient (Wildman–Crippen LogP) is 1.83. The van der Waals surface area contributed by atoms with Gasteiger partial charge in [-0.25, -0.2) is 4.90 Å². The van der Waals surface area contributed by atoms with Crippen molar-refractivity contribution in [1.29, 1.82) is 0 Å². The molecule has 2 amide bonds. The zero-order valence-corrected chi connectivity index (χ0v) is 10.4. The summed E-state index contributed by atoms with van der Waals surface area (Å²) in [6.45, 7) is 1.95. The van der Waals surface area contributed by atoms with Crippen molar-refractivity contribution in [2.75, 3.05) is 4.90 Å². The van der Waals surface area contributed by atoms with E-state index in [1.807, 2.05) is 25.1 Å². The van der Waals surface area contributed by atoms with Crippen LogP contribution in [-0.4, -0.2) is 22.0 Å². The average molecular weight is 255 g/mol. The minimum atomic E-state index is -0.279. The van der Waals surface area contributed by atoms with Crippen LogP contribution in [0.3, 0.4) is 0 Å². The summed E-state index contributed by atoms with van der Waals surface area (Å²) in [7, 11) is 0. The van der Waals surface area contributed by atoms with Gasteiger partial charge in [-0.2, -0.15) is 5.10 Å². The van der Waals surface area contributed by atoms with Gasteiger partial charge in [-0.15, -0.1) is 0 Å². The van der Waals surface area contributed by atoms with Gasteiger partial charge in [0, 0.05) is 24.5 Å². The first kappa shape index (κ1) is 12.8. The first-order valence-electron chi connectivity index (χ1n) is 5.75. The number of aryl methyl sites for hydroxylation is 1. The number of anilines is 1. The molecule has 0 spiro atoms. The number of aromatic nitrogens is 2. The molecule has 0 radical (unpaired) electrons. The molecule has 0 aliphatic carbocycles.